The van der Waals surface area contributed by atoms with Crippen LogP contribution in [0.5, 0.6) is 0 Å². The van der Waals surface area contributed by atoms with Crippen LogP contribution in [0, 0.1) is 0 Å². The highest BCUT2D eigenvalue weighted by atomic mass is 32.2. The standard InChI is InChI=1S/C11H15N5O2S/c1-13-19(17,18)11-5-8(12)3-4-10(11)15-9-6-14-16(2)7-9/h3-7,13,15H,12H2,1-2H3. The zero-order valence-corrected chi connectivity index (χ0v) is 11.4. The van der Waals surface area contributed by atoms with Gasteiger partial charge < -0.3 is 11.1 Å². The van der Waals surface area contributed by atoms with E-state index in [1.54, 1.807) is 36.3 Å². The molecule has 1 aromatic carbocycles. The van der Waals surface area contributed by atoms with E-state index in [9.17, 15) is 8.42 Å². The van der Waals surface area contributed by atoms with Gasteiger partial charge in [-0.3, -0.25) is 4.68 Å². The average Bonchev–Trinajstić information content (AvgIpc) is 2.77. The van der Waals surface area contributed by atoms with Crippen LogP contribution in [0.15, 0.2) is 35.5 Å². The van der Waals surface area contributed by atoms with E-state index < -0.39 is 10.0 Å². The van der Waals surface area contributed by atoms with E-state index in [0.717, 1.165) is 0 Å². The summed E-state index contributed by atoms with van der Waals surface area (Å²) in [6.45, 7) is 0. The lowest BCUT2D eigenvalue weighted by atomic mass is 10.3. The Bertz CT molecular complexity index is 693. The van der Waals surface area contributed by atoms with Gasteiger partial charge in [-0.05, 0) is 25.2 Å². The topological polar surface area (TPSA) is 102 Å². The Labute approximate surface area is 111 Å². The molecule has 0 spiro atoms. The molecule has 0 aliphatic carbocycles. The van der Waals surface area contributed by atoms with Crippen molar-refractivity contribution in [1.29, 1.82) is 0 Å². The van der Waals surface area contributed by atoms with Crippen molar-refractivity contribution < 1.29 is 8.42 Å². The van der Waals surface area contributed by atoms with Crippen LogP contribution in [0.3, 0.4) is 0 Å². The number of sulfonamides is 1. The summed E-state index contributed by atoms with van der Waals surface area (Å²) in [5.74, 6) is 0. The van der Waals surface area contributed by atoms with Crippen LogP contribution in [-0.4, -0.2) is 25.2 Å². The van der Waals surface area contributed by atoms with Crippen LogP contribution in [-0.2, 0) is 17.1 Å². The molecule has 0 saturated heterocycles. The molecular weight excluding hydrogens is 266 g/mol. The third-order valence-corrected chi connectivity index (χ3v) is 4.00. The lowest BCUT2D eigenvalue weighted by molar-refractivity contribution is 0.588. The highest BCUT2D eigenvalue weighted by molar-refractivity contribution is 7.89. The van der Waals surface area contributed by atoms with Crippen LogP contribution in [0.1, 0.15) is 0 Å². The first-order chi connectivity index (χ1) is 8.92. The monoisotopic (exact) mass is 281 g/mol. The summed E-state index contributed by atoms with van der Waals surface area (Å²) in [7, 11) is -0.454. The number of nitrogens with one attached hydrogen (secondary N) is 2. The number of aromatic nitrogens is 2. The zero-order chi connectivity index (χ0) is 14.0. The van der Waals surface area contributed by atoms with E-state index >= 15 is 0 Å². The van der Waals surface area contributed by atoms with E-state index in [-0.39, 0.29) is 4.90 Å². The fourth-order valence-corrected chi connectivity index (χ4v) is 2.54. The van der Waals surface area contributed by atoms with Crippen molar-refractivity contribution in [3.8, 4) is 0 Å². The highest BCUT2D eigenvalue weighted by Gasteiger charge is 2.17. The Balaban J connectivity index is 2.46. The predicted octanol–water partition coefficient (Wildman–Crippen LogP) is 0.654. The van der Waals surface area contributed by atoms with Crippen molar-refractivity contribution in [2.75, 3.05) is 18.1 Å². The number of aryl methyl sites for hydroxylation is 1. The van der Waals surface area contributed by atoms with Crippen molar-refractivity contribution in [2.24, 2.45) is 7.05 Å². The lowest BCUT2D eigenvalue weighted by Gasteiger charge is -2.11. The molecule has 7 nitrogen and oxygen atoms in total. The lowest BCUT2D eigenvalue weighted by Crippen LogP contribution is -2.20. The van der Waals surface area contributed by atoms with Crippen LogP contribution in [0.2, 0.25) is 0 Å². The van der Waals surface area contributed by atoms with Gasteiger partial charge in [0.25, 0.3) is 0 Å². The summed E-state index contributed by atoms with van der Waals surface area (Å²) in [6, 6.07) is 4.66. The minimum Gasteiger partial charge on any atom is -0.399 e. The van der Waals surface area contributed by atoms with E-state index in [2.05, 4.69) is 15.1 Å². The first-order valence-corrected chi connectivity index (χ1v) is 6.99. The van der Waals surface area contributed by atoms with Crippen LogP contribution in [0.25, 0.3) is 0 Å². The molecule has 0 aliphatic heterocycles. The number of rotatable bonds is 4. The summed E-state index contributed by atoms with van der Waals surface area (Å²) in [5, 5.41) is 7.01. The van der Waals surface area contributed by atoms with Gasteiger partial charge in [0.05, 0.1) is 17.6 Å². The van der Waals surface area contributed by atoms with Crippen molar-refractivity contribution in [2.45, 2.75) is 4.90 Å². The molecule has 19 heavy (non-hydrogen) atoms. The second-order valence-electron chi connectivity index (χ2n) is 3.99. The molecule has 0 bridgehead atoms. The number of hydrogen-bond acceptors (Lipinski definition) is 5. The number of nitrogens with two attached hydrogens (primary N) is 1. The van der Waals surface area contributed by atoms with Gasteiger partial charge in [-0.15, -0.1) is 0 Å². The smallest absolute Gasteiger partial charge is 0.242 e. The zero-order valence-electron chi connectivity index (χ0n) is 10.6. The second kappa shape index (κ2) is 4.90. The SMILES string of the molecule is CNS(=O)(=O)c1cc(N)ccc1Nc1cnn(C)c1. The molecule has 4 N–H and O–H groups in total. The molecule has 1 heterocycles. The van der Waals surface area contributed by atoms with Crippen molar-refractivity contribution in [1.82, 2.24) is 14.5 Å². The Morgan fingerprint density at radius 3 is 2.68 bits per heavy atom. The van der Waals surface area contributed by atoms with Gasteiger partial charge in [0, 0.05) is 18.9 Å². The first-order valence-electron chi connectivity index (χ1n) is 5.51. The second-order valence-corrected chi connectivity index (χ2v) is 5.85. The fraction of sp³-hybridized carbons (Fsp3) is 0.182. The van der Waals surface area contributed by atoms with Crippen LogP contribution in [0.4, 0.5) is 17.1 Å². The Morgan fingerprint density at radius 2 is 2.11 bits per heavy atom. The Hall–Kier alpha value is -2.06. The maximum absolute atomic E-state index is 11.9. The molecule has 0 aliphatic rings. The quantitative estimate of drug-likeness (QED) is 0.714. The van der Waals surface area contributed by atoms with Crippen LogP contribution < -0.4 is 15.8 Å². The highest BCUT2D eigenvalue weighted by Crippen LogP contribution is 2.26. The number of anilines is 3. The summed E-state index contributed by atoms with van der Waals surface area (Å²) in [4.78, 5) is 0.0962. The van der Waals surface area contributed by atoms with Crippen molar-refractivity contribution in [3.63, 3.8) is 0 Å². The number of benzene rings is 1. The van der Waals surface area contributed by atoms with Gasteiger partial charge in [-0.2, -0.15) is 5.10 Å². The summed E-state index contributed by atoms with van der Waals surface area (Å²) in [5.41, 5.74) is 7.16. The number of nitrogens with zero attached hydrogens (tertiary/aromatic N) is 2. The average molecular weight is 281 g/mol. The maximum Gasteiger partial charge on any atom is 0.242 e. The third-order valence-electron chi connectivity index (χ3n) is 2.55. The normalized spacial score (nSPS) is 11.5. The van der Waals surface area contributed by atoms with Gasteiger partial charge in [0.15, 0.2) is 0 Å². The molecule has 0 saturated carbocycles. The van der Waals surface area contributed by atoms with Gasteiger partial charge in [-0.25, -0.2) is 13.1 Å². The van der Waals surface area contributed by atoms with Gasteiger partial charge in [0.1, 0.15) is 4.90 Å². The van der Waals surface area contributed by atoms with E-state index in [0.29, 0.717) is 17.1 Å². The minimum absolute atomic E-state index is 0.0962. The Kier molecular flexibility index (Phi) is 3.45. The van der Waals surface area contributed by atoms with Crippen LogP contribution >= 0.6 is 0 Å². The molecule has 0 fully saturated rings. The summed E-state index contributed by atoms with van der Waals surface area (Å²) >= 11 is 0. The number of nitrogen functional groups attached to an aromatic ring is 1. The molecule has 0 amide bonds. The summed E-state index contributed by atoms with van der Waals surface area (Å²) in [6.07, 6.45) is 3.35. The largest absolute Gasteiger partial charge is 0.399 e. The molecule has 0 atom stereocenters. The molecule has 8 heteroatoms. The molecule has 0 unspecified atom stereocenters. The van der Waals surface area contributed by atoms with Gasteiger partial charge >= 0.3 is 0 Å². The molecule has 1 aromatic heterocycles. The number of hydrogen-bond donors (Lipinski definition) is 3. The minimum atomic E-state index is -3.58. The van der Waals surface area contributed by atoms with Crippen molar-refractivity contribution >= 4 is 27.1 Å². The molecule has 0 radical (unpaired) electrons. The predicted molar refractivity (Wildman–Crippen MR) is 73.6 cm³/mol. The molecule has 102 valence electrons. The van der Waals surface area contributed by atoms with Crippen molar-refractivity contribution in [3.05, 3.63) is 30.6 Å². The first kappa shape index (κ1) is 13.4. The van der Waals surface area contributed by atoms with E-state index in [1.165, 1.54) is 13.1 Å². The van der Waals surface area contributed by atoms with E-state index in [1.807, 2.05) is 0 Å². The molecule has 2 rings (SSSR count). The van der Waals surface area contributed by atoms with E-state index in [4.69, 9.17) is 5.73 Å². The fourth-order valence-electron chi connectivity index (χ4n) is 1.62. The maximum atomic E-state index is 11.9. The summed E-state index contributed by atoms with van der Waals surface area (Å²) < 4.78 is 27.8. The Morgan fingerprint density at radius 1 is 1.37 bits per heavy atom. The third kappa shape index (κ3) is 2.85. The molecule has 2 aromatic rings. The van der Waals surface area contributed by atoms with Gasteiger partial charge in [0.2, 0.25) is 10.0 Å². The molecular formula is C11H15N5O2S. The van der Waals surface area contributed by atoms with Gasteiger partial charge in [-0.1, -0.05) is 0 Å².